The van der Waals surface area contributed by atoms with Crippen LogP contribution in [0.25, 0.3) is 11.3 Å². The van der Waals surface area contributed by atoms with E-state index in [2.05, 4.69) is 20.0 Å². The maximum absolute atomic E-state index is 13.2. The zero-order chi connectivity index (χ0) is 18.6. The van der Waals surface area contributed by atoms with Crippen LogP contribution >= 0.6 is 0 Å². The maximum Gasteiger partial charge on any atom is 0.254 e. The number of amides is 1. The second-order valence-corrected chi connectivity index (χ2v) is 7.79. The molecule has 0 N–H and O–H groups in total. The van der Waals surface area contributed by atoms with Gasteiger partial charge in [0.2, 0.25) is 0 Å². The highest BCUT2D eigenvalue weighted by atomic mass is 16.2. The van der Waals surface area contributed by atoms with E-state index in [-0.39, 0.29) is 5.91 Å². The van der Waals surface area contributed by atoms with Gasteiger partial charge >= 0.3 is 0 Å². The van der Waals surface area contributed by atoms with Gasteiger partial charge in [0.1, 0.15) is 0 Å². The van der Waals surface area contributed by atoms with Crippen molar-refractivity contribution in [1.29, 1.82) is 0 Å². The van der Waals surface area contributed by atoms with Crippen LogP contribution in [0.3, 0.4) is 0 Å². The van der Waals surface area contributed by atoms with E-state index in [4.69, 9.17) is 0 Å². The van der Waals surface area contributed by atoms with Gasteiger partial charge in [-0.25, -0.2) is 0 Å². The topological polar surface area (TPSA) is 49.3 Å². The molecule has 3 heterocycles. The summed E-state index contributed by atoms with van der Waals surface area (Å²) in [5, 5.41) is 8.35. The number of benzene rings is 1. The van der Waals surface area contributed by atoms with Crippen molar-refractivity contribution in [2.45, 2.75) is 45.1 Å². The van der Waals surface area contributed by atoms with Gasteiger partial charge in [0.15, 0.2) is 0 Å². The number of rotatable bonds is 4. The first kappa shape index (κ1) is 18.1. The van der Waals surface area contributed by atoms with Crippen LogP contribution in [0.4, 0.5) is 0 Å². The summed E-state index contributed by atoms with van der Waals surface area (Å²) >= 11 is 0. The molecule has 142 valence electrons. The Morgan fingerprint density at radius 2 is 1.70 bits per heavy atom. The summed E-state index contributed by atoms with van der Waals surface area (Å²) < 4.78 is 0. The van der Waals surface area contributed by atoms with Crippen molar-refractivity contribution in [2.24, 2.45) is 0 Å². The van der Waals surface area contributed by atoms with Gasteiger partial charge in [0.05, 0.1) is 11.4 Å². The lowest BCUT2D eigenvalue weighted by Crippen LogP contribution is -2.49. The van der Waals surface area contributed by atoms with Gasteiger partial charge in [-0.15, -0.1) is 0 Å². The molecule has 0 radical (unpaired) electrons. The fraction of sp³-hybridized carbons (Fsp3) is 0.500. The average molecular weight is 364 g/mol. The van der Waals surface area contributed by atoms with E-state index in [1.54, 1.807) is 0 Å². The van der Waals surface area contributed by atoms with Crippen molar-refractivity contribution in [2.75, 3.05) is 26.2 Å². The Labute approximate surface area is 161 Å². The van der Waals surface area contributed by atoms with E-state index in [0.717, 1.165) is 48.4 Å². The second-order valence-electron chi connectivity index (χ2n) is 7.79. The van der Waals surface area contributed by atoms with Crippen molar-refractivity contribution in [1.82, 2.24) is 20.0 Å². The van der Waals surface area contributed by atoms with Gasteiger partial charge in [0.25, 0.3) is 5.91 Å². The predicted octanol–water partition coefficient (Wildman–Crippen LogP) is 3.54. The van der Waals surface area contributed by atoms with E-state index in [0.29, 0.717) is 6.04 Å². The molecule has 0 aliphatic carbocycles. The molecule has 0 spiro atoms. The molecule has 2 aliphatic heterocycles. The fourth-order valence-corrected chi connectivity index (χ4v) is 4.22. The van der Waals surface area contributed by atoms with E-state index in [1.807, 2.05) is 43.3 Å². The van der Waals surface area contributed by atoms with Gasteiger partial charge in [-0.3, -0.25) is 4.79 Å². The molecular weight excluding hydrogens is 336 g/mol. The van der Waals surface area contributed by atoms with E-state index < -0.39 is 0 Å². The molecule has 0 saturated carbocycles. The molecule has 2 saturated heterocycles. The van der Waals surface area contributed by atoms with Crippen LogP contribution in [0.1, 0.15) is 48.2 Å². The predicted molar refractivity (Wildman–Crippen MR) is 107 cm³/mol. The number of hydrogen-bond acceptors (Lipinski definition) is 4. The quantitative estimate of drug-likeness (QED) is 0.833. The largest absolute Gasteiger partial charge is 0.334 e. The van der Waals surface area contributed by atoms with Crippen molar-refractivity contribution >= 4 is 5.91 Å². The van der Waals surface area contributed by atoms with Crippen LogP contribution in [0.15, 0.2) is 36.4 Å². The Bertz CT molecular complexity index is 766. The second kappa shape index (κ2) is 8.17. The van der Waals surface area contributed by atoms with E-state index >= 15 is 0 Å². The lowest BCUT2D eigenvalue weighted by atomic mass is 9.99. The highest BCUT2D eigenvalue weighted by molar-refractivity contribution is 5.95. The summed E-state index contributed by atoms with van der Waals surface area (Å²) in [7, 11) is 0. The first-order valence-corrected chi connectivity index (χ1v) is 10.1. The van der Waals surface area contributed by atoms with Crippen LogP contribution in [0.2, 0.25) is 0 Å². The highest BCUT2D eigenvalue weighted by Crippen LogP contribution is 2.23. The average Bonchev–Trinajstić information content (AvgIpc) is 3.22. The van der Waals surface area contributed by atoms with E-state index in [9.17, 15) is 4.79 Å². The van der Waals surface area contributed by atoms with E-state index in [1.165, 1.54) is 32.4 Å². The first-order chi connectivity index (χ1) is 13.2. The zero-order valence-corrected chi connectivity index (χ0v) is 16.1. The minimum Gasteiger partial charge on any atom is -0.334 e. The number of carbonyl (C=O) groups is 1. The first-order valence-electron chi connectivity index (χ1n) is 10.1. The van der Waals surface area contributed by atoms with Crippen molar-refractivity contribution < 1.29 is 4.79 Å². The molecule has 5 heteroatoms. The Morgan fingerprint density at radius 1 is 0.963 bits per heavy atom. The van der Waals surface area contributed by atoms with Crippen LogP contribution in [-0.2, 0) is 0 Å². The molecule has 1 aromatic carbocycles. The minimum absolute atomic E-state index is 0.167. The van der Waals surface area contributed by atoms with Crippen molar-refractivity contribution in [3.8, 4) is 11.3 Å². The number of carbonyl (C=O) groups excluding carboxylic acids is 1. The Balaban J connectivity index is 1.47. The standard InChI is InChI=1S/C22H28N4O/c1-17-7-12-21(24-23-17)18-8-10-19(11-9-18)22(27)26-15-3-2-6-20(26)16-25-13-4-5-14-25/h7-12,20H,2-6,13-16H2,1H3/t20-/m1/s1. The molecule has 2 fully saturated rings. The van der Waals surface area contributed by atoms with Crippen molar-refractivity contribution in [3.63, 3.8) is 0 Å². The lowest BCUT2D eigenvalue weighted by molar-refractivity contribution is 0.0560. The number of aryl methyl sites for hydroxylation is 1. The molecule has 0 unspecified atom stereocenters. The molecule has 4 rings (SSSR count). The smallest absolute Gasteiger partial charge is 0.254 e. The highest BCUT2D eigenvalue weighted by Gasteiger charge is 2.29. The Kier molecular flexibility index (Phi) is 5.48. The minimum atomic E-state index is 0.167. The zero-order valence-electron chi connectivity index (χ0n) is 16.1. The van der Waals surface area contributed by atoms with Crippen LogP contribution < -0.4 is 0 Å². The molecule has 1 atom stereocenters. The molecule has 5 nitrogen and oxygen atoms in total. The fourth-order valence-electron chi connectivity index (χ4n) is 4.22. The van der Waals surface area contributed by atoms with Crippen LogP contribution in [0, 0.1) is 6.92 Å². The van der Waals surface area contributed by atoms with Gasteiger partial charge in [-0.2, -0.15) is 10.2 Å². The number of piperidine rings is 1. The van der Waals surface area contributed by atoms with Crippen LogP contribution in [-0.4, -0.2) is 58.1 Å². The number of aromatic nitrogens is 2. The third-order valence-electron chi connectivity index (χ3n) is 5.78. The Morgan fingerprint density at radius 3 is 2.41 bits per heavy atom. The van der Waals surface area contributed by atoms with Gasteiger partial charge < -0.3 is 9.80 Å². The summed E-state index contributed by atoms with van der Waals surface area (Å²) in [5.74, 6) is 0.167. The third kappa shape index (κ3) is 4.19. The molecule has 27 heavy (non-hydrogen) atoms. The molecule has 1 amide bonds. The summed E-state index contributed by atoms with van der Waals surface area (Å²) in [4.78, 5) is 17.8. The van der Waals surface area contributed by atoms with Gasteiger partial charge in [0, 0.05) is 30.3 Å². The summed E-state index contributed by atoms with van der Waals surface area (Å²) in [6, 6.07) is 12.1. The number of nitrogens with zero attached hydrogens (tertiary/aromatic N) is 4. The summed E-state index contributed by atoms with van der Waals surface area (Å²) in [6.45, 7) is 6.21. The summed E-state index contributed by atoms with van der Waals surface area (Å²) in [5.41, 5.74) is 3.50. The van der Waals surface area contributed by atoms with Crippen LogP contribution in [0.5, 0.6) is 0 Å². The molecule has 2 aromatic rings. The normalized spacial score (nSPS) is 20.8. The number of hydrogen-bond donors (Lipinski definition) is 0. The maximum atomic E-state index is 13.2. The monoisotopic (exact) mass is 364 g/mol. The summed E-state index contributed by atoms with van der Waals surface area (Å²) in [6.07, 6.45) is 6.06. The van der Waals surface area contributed by atoms with Gasteiger partial charge in [-0.1, -0.05) is 12.1 Å². The SMILES string of the molecule is Cc1ccc(-c2ccc(C(=O)N3CCCC[C@@H]3CN3CCCC3)cc2)nn1. The molecule has 2 aliphatic rings. The Hall–Kier alpha value is -2.27. The van der Waals surface area contributed by atoms with Crippen molar-refractivity contribution in [3.05, 3.63) is 47.7 Å². The number of likely N-dealkylation sites (tertiary alicyclic amines) is 2. The molecular formula is C22H28N4O. The lowest BCUT2D eigenvalue weighted by Gasteiger charge is -2.38. The molecule has 0 bridgehead atoms. The third-order valence-corrected chi connectivity index (χ3v) is 5.78. The molecule has 1 aromatic heterocycles. The van der Waals surface area contributed by atoms with Gasteiger partial charge in [-0.05, 0) is 76.4 Å².